The van der Waals surface area contributed by atoms with Crippen molar-refractivity contribution in [2.45, 2.75) is 110 Å². The molecule has 0 rings (SSSR count). The van der Waals surface area contributed by atoms with Crippen molar-refractivity contribution in [2.24, 2.45) is 0 Å². The van der Waals surface area contributed by atoms with E-state index in [2.05, 4.69) is 28.1 Å². The van der Waals surface area contributed by atoms with E-state index >= 15 is 0 Å². The van der Waals surface area contributed by atoms with E-state index in [0.29, 0.717) is 13.2 Å². The van der Waals surface area contributed by atoms with Gasteiger partial charge in [-0.3, -0.25) is 13.6 Å². The molecule has 0 N–H and O–H groups in total. The van der Waals surface area contributed by atoms with E-state index in [0.717, 1.165) is 23.9 Å². The van der Waals surface area contributed by atoms with Gasteiger partial charge in [-0.15, -0.1) is 0 Å². The summed E-state index contributed by atoms with van der Waals surface area (Å²) in [4.78, 5) is 0. The van der Waals surface area contributed by atoms with Crippen LogP contribution in [0.15, 0.2) is 0 Å². The van der Waals surface area contributed by atoms with Crippen LogP contribution in [0.5, 0.6) is 0 Å². The Kier molecular flexibility index (Phi) is 19.8. The predicted molar refractivity (Wildman–Crippen MR) is 129 cm³/mol. The van der Waals surface area contributed by atoms with Crippen LogP contribution in [-0.2, 0) is 18.1 Å². The van der Waals surface area contributed by atoms with Crippen LogP contribution in [-0.4, -0.2) is 52.5 Å². The summed E-state index contributed by atoms with van der Waals surface area (Å²) in [6.45, 7) is 3.85. The van der Waals surface area contributed by atoms with Crippen molar-refractivity contribution in [2.75, 3.05) is 48.0 Å². The molecule has 0 aromatic carbocycles. The molecule has 0 aromatic heterocycles. The highest BCUT2D eigenvalue weighted by atomic mass is 31.2. The lowest BCUT2D eigenvalue weighted by atomic mass is 10.0. The Bertz CT molecular complexity index is 413. The van der Waals surface area contributed by atoms with Gasteiger partial charge in [-0.2, -0.15) is 0 Å². The monoisotopic (exact) mass is 450 g/mol. The smallest absolute Gasteiger partial charge is 0.329 e. The number of phosphoric ester groups is 1. The highest BCUT2D eigenvalue weighted by molar-refractivity contribution is 7.48. The molecule has 1 atom stereocenters. The van der Waals surface area contributed by atoms with Crippen LogP contribution in [0.1, 0.15) is 110 Å². The molecule has 0 heterocycles. The second kappa shape index (κ2) is 19.7. The van der Waals surface area contributed by atoms with Gasteiger partial charge in [0, 0.05) is 7.11 Å². The van der Waals surface area contributed by atoms with Gasteiger partial charge in [0.15, 0.2) is 0 Å². The fraction of sp³-hybridized carbons (Fsp3) is 1.00. The second-order valence-electron chi connectivity index (χ2n) is 9.61. The number of hydrogen-bond donors (Lipinski definition) is 0. The molecule has 0 amide bonds. The maximum absolute atomic E-state index is 12.4. The summed E-state index contributed by atoms with van der Waals surface area (Å²) in [6, 6.07) is 0. The van der Waals surface area contributed by atoms with E-state index in [1.54, 1.807) is 0 Å². The highest BCUT2D eigenvalue weighted by Crippen LogP contribution is 2.48. The largest absolute Gasteiger partial charge is 0.474 e. The van der Waals surface area contributed by atoms with Gasteiger partial charge in [0.05, 0.1) is 27.7 Å². The quantitative estimate of drug-likeness (QED) is 0.0907. The average molecular weight is 451 g/mol. The number of phosphoric acid groups is 1. The van der Waals surface area contributed by atoms with Gasteiger partial charge in [-0.1, -0.05) is 103 Å². The Morgan fingerprint density at radius 3 is 1.33 bits per heavy atom. The number of nitrogens with zero attached hydrogens (tertiary/aromatic N) is 1. The third kappa shape index (κ3) is 21.3. The molecule has 0 aliphatic carbocycles. The molecule has 5 nitrogen and oxygen atoms in total. The summed E-state index contributed by atoms with van der Waals surface area (Å²) in [5.41, 5.74) is 0. The first-order chi connectivity index (χ1) is 14.3. The summed E-state index contributed by atoms with van der Waals surface area (Å²) in [5.74, 6) is 0. The van der Waals surface area contributed by atoms with Crippen LogP contribution in [0.3, 0.4) is 0 Å². The Hall–Kier alpha value is 0.0700. The molecule has 0 aromatic rings. The number of quaternary nitrogens is 1. The molecule has 30 heavy (non-hydrogen) atoms. The molecule has 6 heteroatoms. The van der Waals surface area contributed by atoms with Crippen molar-refractivity contribution in [3.8, 4) is 0 Å². The second-order valence-corrected chi connectivity index (χ2v) is 11.4. The predicted octanol–water partition coefficient (Wildman–Crippen LogP) is 7.74. The lowest BCUT2D eigenvalue weighted by Gasteiger charge is -2.24. The number of unbranched alkanes of at least 4 members (excludes halogenated alkanes) is 15. The minimum absolute atomic E-state index is 0.369. The average Bonchev–Trinajstić information content (AvgIpc) is 2.69. The fourth-order valence-electron chi connectivity index (χ4n) is 3.40. The van der Waals surface area contributed by atoms with Crippen LogP contribution in [0, 0.1) is 0 Å². The molecule has 0 aliphatic heterocycles. The zero-order valence-corrected chi connectivity index (χ0v) is 21.9. The molecule has 0 unspecified atom stereocenters. The number of likely N-dealkylation sites (N-methyl/N-ethyl adjacent to an activating group) is 1. The van der Waals surface area contributed by atoms with Gasteiger partial charge in [0.25, 0.3) is 0 Å². The first kappa shape index (κ1) is 30.1. The fourth-order valence-corrected chi connectivity index (χ4v) is 4.34. The van der Waals surface area contributed by atoms with Crippen molar-refractivity contribution < 1.29 is 22.6 Å². The Balaban J connectivity index is 3.39. The third-order valence-electron chi connectivity index (χ3n) is 5.48. The summed E-state index contributed by atoms with van der Waals surface area (Å²) >= 11 is 0. The van der Waals surface area contributed by atoms with Gasteiger partial charge < -0.3 is 4.48 Å². The first-order valence-corrected chi connectivity index (χ1v) is 14.0. The topological polar surface area (TPSA) is 44.8 Å². The van der Waals surface area contributed by atoms with E-state index in [9.17, 15) is 4.57 Å². The number of hydrogen-bond acceptors (Lipinski definition) is 4. The molecule has 0 saturated carbocycles. The lowest BCUT2D eigenvalue weighted by molar-refractivity contribution is -0.870. The standard InChI is InChI=1S/C24H53NO4P/c1-6-7-8-9-10-11-12-13-14-15-16-17-18-19-20-21-23-28-30(26,27-5)29-24-22-25(2,3)4/h6-24H2,1-5H3/q+1/t30-/m0/s1. The van der Waals surface area contributed by atoms with E-state index in [4.69, 9.17) is 13.6 Å². The van der Waals surface area contributed by atoms with Crippen molar-refractivity contribution in [1.82, 2.24) is 0 Å². The Morgan fingerprint density at radius 1 is 0.600 bits per heavy atom. The Morgan fingerprint density at radius 2 is 0.967 bits per heavy atom. The SMILES string of the molecule is CCCCCCCCCCCCCCCCCCO[P@](=O)(OC)OCC[N+](C)(C)C. The van der Waals surface area contributed by atoms with E-state index in [-0.39, 0.29) is 0 Å². The van der Waals surface area contributed by atoms with Gasteiger partial charge in [0.1, 0.15) is 13.2 Å². The van der Waals surface area contributed by atoms with E-state index in [1.807, 2.05) is 0 Å². The van der Waals surface area contributed by atoms with Crippen molar-refractivity contribution >= 4 is 7.82 Å². The van der Waals surface area contributed by atoms with Crippen LogP contribution in [0.4, 0.5) is 0 Å². The van der Waals surface area contributed by atoms with Gasteiger partial charge >= 0.3 is 7.82 Å². The molecule has 0 aliphatic rings. The van der Waals surface area contributed by atoms with Crippen LogP contribution in [0.2, 0.25) is 0 Å². The van der Waals surface area contributed by atoms with Crippen molar-refractivity contribution in [1.29, 1.82) is 0 Å². The Labute approximate surface area is 188 Å². The molecular formula is C24H53NO4P+. The highest BCUT2D eigenvalue weighted by Gasteiger charge is 2.25. The summed E-state index contributed by atoms with van der Waals surface area (Å²) in [7, 11) is 4.21. The zero-order chi connectivity index (χ0) is 22.6. The minimum Gasteiger partial charge on any atom is -0.329 e. The zero-order valence-electron chi connectivity index (χ0n) is 21.0. The van der Waals surface area contributed by atoms with Crippen LogP contribution < -0.4 is 0 Å². The first-order valence-electron chi connectivity index (χ1n) is 12.6. The lowest BCUT2D eigenvalue weighted by Crippen LogP contribution is -2.37. The molecule has 0 bridgehead atoms. The van der Waals surface area contributed by atoms with Gasteiger partial charge in [0.2, 0.25) is 0 Å². The summed E-state index contributed by atoms with van der Waals surface area (Å²) in [5, 5.41) is 0. The molecule has 0 saturated heterocycles. The minimum atomic E-state index is -3.39. The van der Waals surface area contributed by atoms with Crippen LogP contribution >= 0.6 is 7.82 Å². The maximum atomic E-state index is 12.4. The van der Waals surface area contributed by atoms with Crippen molar-refractivity contribution in [3.05, 3.63) is 0 Å². The number of rotatable bonds is 23. The molecular weight excluding hydrogens is 397 g/mol. The summed E-state index contributed by atoms with van der Waals surface area (Å²) < 4.78 is 28.9. The molecule has 0 spiro atoms. The van der Waals surface area contributed by atoms with E-state index < -0.39 is 7.82 Å². The van der Waals surface area contributed by atoms with E-state index in [1.165, 1.54) is 97.0 Å². The van der Waals surface area contributed by atoms with Crippen molar-refractivity contribution in [3.63, 3.8) is 0 Å². The summed E-state index contributed by atoms with van der Waals surface area (Å²) in [6.07, 6.45) is 21.4. The van der Waals surface area contributed by atoms with Crippen LogP contribution in [0.25, 0.3) is 0 Å². The van der Waals surface area contributed by atoms with Gasteiger partial charge in [-0.05, 0) is 6.42 Å². The molecule has 182 valence electrons. The normalized spacial score (nSPS) is 14.2. The molecule has 0 radical (unpaired) electrons. The maximum Gasteiger partial charge on any atom is 0.474 e. The molecule has 0 fully saturated rings. The van der Waals surface area contributed by atoms with Gasteiger partial charge in [-0.25, -0.2) is 4.57 Å². The third-order valence-corrected chi connectivity index (χ3v) is 6.93.